The second-order valence-corrected chi connectivity index (χ2v) is 7.33. The maximum Gasteiger partial charge on any atom is 0.317 e. The van der Waals surface area contributed by atoms with Crippen molar-refractivity contribution >= 4 is 6.03 Å². The molecule has 2 heterocycles. The van der Waals surface area contributed by atoms with Crippen molar-refractivity contribution in [3.8, 4) is 0 Å². The molecule has 0 unspecified atom stereocenters. The molecule has 2 atom stereocenters. The third-order valence-electron chi connectivity index (χ3n) is 5.46. The average molecular weight is 349 g/mol. The summed E-state index contributed by atoms with van der Waals surface area (Å²) in [6, 6.07) is 7.06. The van der Waals surface area contributed by atoms with Crippen LogP contribution in [0, 0.1) is 11.7 Å². The normalized spacial score (nSPS) is 23.6. The maximum atomic E-state index is 13.7. The van der Waals surface area contributed by atoms with Crippen molar-refractivity contribution < 1.29 is 14.3 Å². The number of aliphatic hydroxyl groups excluding tert-OH is 1. The fraction of sp³-hybridized carbons (Fsp3) is 0.632. The van der Waals surface area contributed by atoms with Gasteiger partial charge in [-0.05, 0) is 32.3 Å². The molecule has 0 bridgehead atoms. The number of benzene rings is 1. The standard InChI is InChI=1S/C19H28FN3O2/c1-14(24)15-6-11-23(13-15)19(25)21-17-7-9-22(10-8-17)12-16-4-2-3-5-18(16)20/h2-5,14-15,17,24H,6-13H2,1H3,(H,21,25)/t14-,15-/m1/s1. The minimum atomic E-state index is -0.362. The molecule has 25 heavy (non-hydrogen) atoms. The first-order valence-electron chi connectivity index (χ1n) is 9.22. The quantitative estimate of drug-likeness (QED) is 0.876. The third-order valence-corrected chi connectivity index (χ3v) is 5.46. The molecule has 0 aromatic heterocycles. The molecule has 2 N–H and O–H groups in total. The minimum absolute atomic E-state index is 0.0179. The van der Waals surface area contributed by atoms with Gasteiger partial charge >= 0.3 is 6.03 Å². The van der Waals surface area contributed by atoms with E-state index in [-0.39, 0.29) is 29.9 Å². The number of urea groups is 1. The molecule has 2 amide bonds. The fourth-order valence-electron chi connectivity index (χ4n) is 3.73. The van der Waals surface area contributed by atoms with Crippen molar-refractivity contribution in [2.45, 2.75) is 44.9 Å². The van der Waals surface area contributed by atoms with Crippen molar-refractivity contribution in [1.29, 1.82) is 0 Å². The summed E-state index contributed by atoms with van der Waals surface area (Å²) in [7, 11) is 0. The largest absolute Gasteiger partial charge is 0.393 e. The van der Waals surface area contributed by atoms with Gasteiger partial charge in [0, 0.05) is 50.2 Å². The summed E-state index contributed by atoms with van der Waals surface area (Å²) >= 11 is 0. The lowest BCUT2D eigenvalue weighted by atomic mass is 10.0. The number of nitrogens with zero attached hydrogens (tertiary/aromatic N) is 2. The molecule has 2 saturated heterocycles. The van der Waals surface area contributed by atoms with Gasteiger partial charge in [0.15, 0.2) is 0 Å². The molecule has 1 aromatic carbocycles. The van der Waals surface area contributed by atoms with Gasteiger partial charge in [-0.1, -0.05) is 18.2 Å². The molecule has 2 aliphatic rings. The SMILES string of the molecule is C[C@@H](O)[C@@H]1CCN(C(=O)NC2CCN(Cc3ccccc3F)CC2)C1. The number of halogens is 1. The van der Waals surface area contributed by atoms with E-state index in [1.165, 1.54) is 6.07 Å². The van der Waals surface area contributed by atoms with Gasteiger partial charge in [0.25, 0.3) is 0 Å². The van der Waals surface area contributed by atoms with Crippen LogP contribution in [0.25, 0.3) is 0 Å². The number of amides is 2. The first-order valence-corrected chi connectivity index (χ1v) is 9.22. The summed E-state index contributed by atoms with van der Waals surface area (Å²) in [6.07, 6.45) is 2.27. The second-order valence-electron chi connectivity index (χ2n) is 7.33. The van der Waals surface area contributed by atoms with Crippen LogP contribution in [0.4, 0.5) is 9.18 Å². The van der Waals surface area contributed by atoms with E-state index in [9.17, 15) is 14.3 Å². The average Bonchev–Trinajstić information content (AvgIpc) is 3.09. The van der Waals surface area contributed by atoms with Crippen LogP contribution in [0.15, 0.2) is 24.3 Å². The predicted octanol–water partition coefficient (Wildman–Crippen LogP) is 2.20. The van der Waals surface area contributed by atoms with Gasteiger partial charge in [0.2, 0.25) is 0 Å². The van der Waals surface area contributed by atoms with Gasteiger partial charge in [-0.3, -0.25) is 4.90 Å². The number of rotatable bonds is 4. The number of piperidine rings is 1. The molecular formula is C19H28FN3O2. The topological polar surface area (TPSA) is 55.8 Å². The molecule has 0 spiro atoms. The van der Waals surface area contributed by atoms with Crippen LogP contribution in [-0.2, 0) is 6.54 Å². The zero-order valence-corrected chi connectivity index (χ0v) is 14.8. The van der Waals surface area contributed by atoms with E-state index >= 15 is 0 Å². The lowest BCUT2D eigenvalue weighted by Crippen LogP contribution is -2.48. The molecular weight excluding hydrogens is 321 g/mol. The van der Waals surface area contributed by atoms with Crippen LogP contribution in [0.1, 0.15) is 31.7 Å². The van der Waals surface area contributed by atoms with Crippen molar-refractivity contribution in [2.24, 2.45) is 5.92 Å². The van der Waals surface area contributed by atoms with Crippen molar-refractivity contribution in [3.63, 3.8) is 0 Å². The van der Waals surface area contributed by atoms with E-state index in [1.807, 2.05) is 17.0 Å². The Balaban J connectivity index is 1.42. The van der Waals surface area contributed by atoms with E-state index in [0.717, 1.165) is 37.9 Å². The molecule has 0 aliphatic carbocycles. The predicted molar refractivity (Wildman–Crippen MR) is 94.6 cm³/mol. The number of carbonyl (C=O) groups is 1. The zero-order valence-electron chi connectivity index (χ0n) is 14.8. The van der Waals surface area contributed by atoms with Crippen LogP contribution in [0.3, 0.4) is 0 Å². The summed E-state index contributed by atoms with van der Waals surface area (Å²) in [5, 5.41) is 12.8. The minimum Gasteiger partial charge on any atom is -0.393 e. The number of nitrogens with one attached hydrogen (secondary N) is 1. The summed E-state index contributed by atoms with van der Waals surface area (Å²) in [5.74, 6) is 0.0352. The van der Waals surface area contributed by atoms with Crippen LogP contribution in [0.2, 0.25) is 0 Å². The molecule has 3 rings (SSSR count). The van der Waals surface area contributed by atoms with Gasteiger partial charge in [-0.2, -0.15) is 0 Å². The Bertz CT molecular complexity index is 588. The number of hydrogen-bond acceptors (Lipinski definition) is 3. The van der Waals surface area contributed by atoms with Crippen LogP contribution in [-0.4, -0.2) is 59.3 Å². The lowest BCUT2D eigenvalue weighted by Gasteiger charge is -2.33. The third kappa shape index (κ3) is 4.70. The molecule has 5 nitrogen and oxygen atoms in total. The first kappa shape index (κ1) is 18.1. The Hall–Kier alpha value is -1.66. The Morgan fingerprint density at radius 1 is 1.28 bits per heavy atom. The number of carbonyl (C=O) groups excluding carboxylic acids is 1. The maximum absolute atomic E-state index is 13.7. The molecule has 0 saturated carbocycles. The van der Waals surface area contributed by atoms with E-state index in [0.29, 0.717) is 19.6 Å². The summed E-state index contributed by atoms with van der Waals surface area (Å²) in [6.45, 7) is 5.47. The zero-order chi connectivity index (χ0) is 17.8. The highest BCUT2D eigenvalue weighted by molar-refractivity contribution is 5.74. The highest BCUT2D eigenvalue weighted by atomic mass is 19.1. The highest BCUT2D eigenvalue weighted by Gasteiger charge is 2.30. The van der Waals surface area contributed by atoms with E-state index in [4.69, 9.17) is 0 Å². The smallest absolute Gasteiger partial charge is 0.317 e. The summed E-state index contributed by atoms with van der Waals surface area (Å²) < 4.78 is 13.7. The van der Waals surface area contributed by atoms with Crippen molar-refractivity contribution in [1.82, 2.24) is 15.1 Å². The van der Waals surface area contributed by atoms with Gasteiger partial charge in [-0.25, -0.2) is 9.18 Å². The van der Waals surface area contributed by atoms with E-state index in [1.54, 1.807) is 13.0 Å². The molecule has 2 aliphatic heterocycles. The molecule has 1 aromatic rings. The molecule has 138 valence electrons. The first-order chi connectivity index (χ1) is 12.0. The van der Waals surface area contributed by atoms with Crippen LogP contribution < -0.4 is 5.32 Å². The van der Waals surface area contributed by atoms with Crippen LogP contribution >= 0.6 is 0 Å². The summed E-state index contributed by atoms with van der Waals surface area (Å²) in [4.78, 5) is 16.4. The molecule has 0 radical (unpaired) electrons. The highest BCUT2D eigenvalue weighted by Crippen LogP contribution is 2.20. The van der Waals surface area contributed by atoms with Gasteiger partial charge in [-0.15, -0.1) is 0 Å². The van der Waals surface area contributed by atoms with Crippen LogP contribution in [0.5, 0.6) is 0 Å². The lowest BCUT2D eigenvalue weighted by molar-refractivity contribution is 0.128. The van der Waals surface area contributed by atoms with Crippen molar-refractivity contribution in [3.05, 3.63) is 35.6 Å². The Labute approximate surface area is 148 Å². The molecule has 2 fully saturated rings. The second kappa shape index (κ2) is 8.15. The number of hydrogen-bond donors (Lipinski definition) is 2. The Morgan fingerprint density at radius 3 is 2.64 bits per heavy atom. The van der Waals surface area contributed by atoms with Gasteiger partial charge in [0.1, 0.15) is 5.82 Å². The molecule has 6 heteroatoms. The number of aliphatic hydroxyl groups is 1. The monoisotopic (exact) mass is 349 g/mol. The van der Waals surface area contributed by atoms with E-state index < -0.39 is 0 Å². The van der Waals surface area contributed by atoms with E-state index in [2.05, 4.69) is 10.2 Å². The Kier molecular flexibility index (Phi) is 5.91. The Morgan fingerprint density at radius 2 is 2.00 bits per heavy atom. The fourth-order valence-corrected chi connectivity index (χ4v) is 3.73. The van der Waals surface area contributed by atoms with Gasteiger partial charge < -0.3 is 15.3 Å². The van der Waals surface area contributed by atoms with Crippen molar-refractivity contribution in [2.75, 3.05) is 26.2 Å². The van der Waals surface area contributed by atoms with Gasteiger partial charge in [0.05, 0.1) is 6.10 Å². The summed E-state index contributed by atoms with van der Waals surface area (Å²) in [5.41, 5.74) is 0.728. The number of likely N-dealkylation sites (tertiary alicyclic amines) is 2.